The molecular weight excluding hydrogens is 635 g/mol. The topological polar surface area (TPSA) is 24.9 Å². The minimum Gasteiger partial charge on any atom is -0.458 e. The Hall–Kier alpha value is -6.72. The Bertz CT molecular complexity index is 2710. The van der Waals surface area contributed by atoms with Gasteiger partial charge in [-0.15, -0.1) is 0 Å². The fraction of sp³-hybridized carbons (Fsp3) is 0.0213. The molecule has 0 saturated carbocycles. The molecule has 0 spiro atoms. The van der Waals surface area contributed by atoms with Crippen molar-refractivity contribution in [2.75, 3.05) is 9.80 Å². The Balaban J connectivity index is 1.09. The first-order valence-corrected chi connectivity index (χ1v) is 17.8. The number of hydrogen-bond donors (Lipinski definition) is 0. The molecule has 0 bridgehead atoms. The summed E-state index contributed by atoms with van der Waals surface area (Å²) in [7, 11) is 0. The molecule has 11 rings (SSSR count). The second kappa shape index (κ2) is 11.1. The van der Waals surface area contributed by atoms with Crippen molar-refractivity contribution >= 4 is 68.0 Å². The van der Waals surface area contributed by atoms with E-state index in [2.05, 4.69) is 187 Å². The van der Waals surface area contributed by atoms with Crippen molar-refractivity contribution in [1.29, 1.82) is 0 Å². The quantitative estimate of drug-likeness (QED) is 0.175. The highest BCUT2D eigenvalue weighted by atomic mass is 16.5. The third-order valence-corrected chi connectivity index (χ3v) is 10.8. The molecule has 3 heterocycles. The predicted octanol–water partition coefficient (Wildman–Crippen LogP) is 10.8. The van der Waals surface area contributed by atoms with Crippen LogP contribution in [0.1, 0.15) is 5.56 Å². The van der Waals surface area contributed by atoms with E-state index < -0.39 is 0 Å². The molecule has 244 valence electrons. The van der Waals surface area contributed by atoms with Crippen molar-refractivity contribution in [3.05, 3.63) is 175 Å². The molecule has 4 nitrogen and oxygen atoms in total. The van der Waals surface area contributed by atoms with Crippen LogP contribution < -0.4 is 35.7 Å². The maximum absolute atomic E-state index is 6.90. The van der Waals surface area contributed by atoms with Gasteiger partial charge in [0, 0.05) is 44.8 Å². The molecule has 0 aliphatic carbocycles. The minimum absolute atomic E-state index is 0.00600. The van der Waals surface area contributed by atoms with E-state index in [4.69, 9.17) is 9.47 Å². The van der Waals surface area contributed by atoms with Crippen LogP contribution in [0.2, 0.25) is 0 Å². The largest absolute Gasteiger partial charge is 0.458 e. The molecule has 0 unspecified atom stereocenters. The van der Waals surface area contributed by atoms with Crippen molar-refractivity contribution in [3.8, 4) is 34.1 Å². The molecule has 0 atom stereocenters. The average Bonchev–Trinajstić information content (AvgIpc) is 3.19. The Labute approximate surface area is 302 Å². The lowest BCUT2D eigenvalue weighted by Crippen LogP contribution is -2.59. The summed E-state index contributed by atoms with van der Waals surface area (Å²) in [5.74, 6) is 3.45. The van der Waals surface area contributed by atoms with Crippen LogP contribution in [0.4, 0.5) is 34.1 Å². The second-order valence-electron chi connectivity index (χ2n) is 13.8. The summed E-state index contributed by atoms with van der Waals surface area (Å²) in [5, 5.41) is 2.22. The van der Waals surface area contributed by atoms with Gasteiger partial charge in [-0.1, -0.05) is 96.6 Å². The number of rotatable bonds is 4. The summed E-state index contributed by atoms with van der Waals surface area (Å²) in [6.07, 6.45) is 0. The molecule has 8 aromatic rings. The van der Waals surface area contributed by atoms with E-state index in [9.17, 15) is 0 Å². The zero-order valence-electron chi connectivity index (χ0n) is 28.5. The van der Waals surface area contributed by atoms with Crippen molar-refractivity contribution in [2.24, 2.45) is 0 Å². The fourth-order valence-electron chi connectivity index (χ4n) is 8.49. The molecule has 8 aromatic carbocycles. The molecule has 0 aromatic heterocycles. The van der Waals surface area contributed by atoms with E-state index in [0.717, 1.165) is 78.8 Å². The van der Waals surface area contributed by atoms with Gasteiger partial charge in [0.1, 0.15) is 23.0 Å². The average molecular weight is 667 g/mol. The first-order chi connectivity index (χ1) is 25.7. The Kier molecular flexibility index (Phi) is 6.23. The number of fused-ring (bicyclic) bond motifs is 6. The van der Waals surface area contributed by atoms with Gasteiger partial charge in [-0.25, -0.2) is 0 Å². The van der Waals surface area contributed by atoms with Crippen LogP contribution >= 0.6 is 0 Å². The summed E-state index contributed by atoms with van der Waals surface area (Å²) in [6, 6.07) is 60.4. The molecule has 0 amide bonds. The van der Waals surface area contributed by atoms with Gasteiger partial charge in [0.25, 0.3) is 6.71 Å². The molecule has 0 radical (unpaired) electrons. The standard InChI is InChI=1S/C47H31BN2O2/c1-30-22-24-33(25-23-30)49(31-12-4-2-5-13-31)39-27-26-34-36-28-45-38(29-44(36)51-42-20-10-16-35(39)46(34)42)48-37-17-8-9-18-40(37)50(32-14-6-3-7-15-32)41-19-11-21-43(52-45)47(41)48/h2-29H,1H3. The number of para-hydroxylation sites is 3. The van der Waals surface area contributed by atoms with Gasteiger partial charge < -0.3 is 19.3 Å². The van der Waals surface area contributed by atoms with E-state index in [1.165, 1.54) is 22.2 Å². The number of hydrogen-bond acceptors (Lipinski definition) is 4. The third-order valence-electron chi connectivity index (χ3n) is 10.8. The summed E-state index contributed by atoms with van der Waals surface area (Å²) >= 11 is 0. The predicted molar refractivity (Wildman–Crippen MR) is 215 cm³/mol. The smallest absolute Gasteiger partial charge is 0.256 e. The molecule has 52 heavy (non-hydrogen) atoms. The van der Waals surface area contributed by atoms with Crippen LogP contribution in [0, 0.1) is 6.92 Å². The number of benzene rings is 8. The Morgan fingerprint density at radius 2 is 1.19 bits per heavy atom. The van der Waals surface area contributed by atoms with E-state index in [1.54, 1.807) is 0 Å². The maximum atomic E-state index is 6.90. The van der Waals surface area contributed by atoms with Crippen molar-refractivity contribution < 1.29 is 9.47 Å². The molecule has 3 aliphatic rings. The highest BCUT2D eigenvalue weighted by Crippen LogP contribution is 2.52. The van der Waals surface area contributed by atoms with Gasteiger partial charge in [0.05, 0.1) is 5.69 Å². The van der Waals surface area contributed by atoms with Crippen LogP contribution in [0.3, 0.4) is 0 Å². The molecule has 0 fully saturated rings. The third kappa shape index (κ3) is 4.23. The van der Waals surface area contributed by atoms with Crippen LogP contribution in [0.25, 0.3) is 21.9 Å². The first-order valence-electron chi connectivity index (χ1n) is 17.8. The summed E-state index contributed by atoms with van der Waals surface area (Å²) in [5.41, 5.74) is 13.7. The number of aryl methyl sites for hydroxylation is 1. The molecular formula is C47H31BN2O2. The van der Waals surface area contributed by atoms with Crippen LogP contribution in [0.15, 0.2) is 170 Å². The Morgan fingerprint density at radius 1 is 0.500 bits per heavy atom. The van der Waals surface area contributed by atoms with Gasteiger partial charge in [-0.2, -0.15) is 0 Å². The highest BCUT2D eigenvalue weighted by Gasteiger charge is 2.42. The number of nitrogens with zero attached hydrogens (tertiary/aromatic N) is 2. The number of ether oxygens (including phenoxy) is 2. The van der Waals surface area contributed by atoms with Crippen molar-refractivity contribution in [3.63, 3.8) is 0 Å². The SMILES string of the molecule is Cc1ccc(N(c2ccccc2)c2ccc3c4c(cccc24)Oc2cc4c(cc2-3)Oc2cccc3c2B4c2ccccc2N3c2ccccc2)cc1. The summed E-state index contributed by atoms with van der Waals surface area (Å²) < 4.78 is 13.8. The van der Waals surface area contributed by atoms with E-state index in [1.807, 2.05) is 0 Å². The van der Waals surface area contributed by atoms with Gasteiger partial charge in [0.15, 0.2) is 0 Å². The summed E-state index contributed by atoms with van der Waals surface area (Å²) in [4.78, 5) is 4.69. The monoisotopic (exact) mass is 666 g/mol. The fourth-order valence-corrected chi connectivity index (χ4v) is 8.49. The lowest BCUT2D eigenvalue weighted by atomic mass is 9.34. The summed E-state index contributed by atoms with van der Waals surface area (Å²) in [6.45, 7) is 2.12. The zero-order valence-corrected chi connectivity index (χ0v) is 28.5. The van der Waals surface area contributed by atoms with E-state index in [0.29, 0.717) is 0 Å². The maximum Gasteiger partial charge on any atom is 0.256 e. The lowest BCUT2D eigenvalue weighted by Gasteiger charge is -2.40. The van der Waals surface area contributed by atoms with Crippen LogP contribution in [-0.2, 0) is 0 Å². The lowest BCUT2D eigenvalue weighted by molar-refractivity contribution is 0.475. The van der Waals surface area contributed by atoms with Gasteiger partial charge in [-0.3, -0.25) is 0 Å². The molecule has 0 N–H and O–H groups in total. The van der Waals surface area contributed by atoms with Gasteiger partial charge in [-0.05, 0) is 108 Å². The number of anilines is 6. The molecule has 3 aliphatic heterocycles. The minimum atomic E-state index is -0.00600. The highest BCUT2D eigenvalue weighted by molar-refractivity contribution is 6.99. The Morgan fingerprint density at radius 3 is 2.04 bits per heavy atom. The second-order valence-corrected chi connectivity index (χ2v) is 13.8. The normalized spacial score (nSPS) is 12.9. The van der Waals surface area contributed by atoms with E-state index in [-0.39, 0.29) is 6.71 Å². The molecule has 5 heteroatoms. The zero-order chi connectivity index (χ0) is 34.3. The van der Waals surface area contributed by atoms with Gasteiger partial charge >= 0.3 is 0 Å². The first kappa shape index (κ1) is 29.1. The van der Waals surface area contributed by atoms with Crippen molar-refractivity contribution in [2.45, 2.75) is 6.92 Å². The van der Waals surface area contributed by atoms with Crippen LogP contribution in [0.5, 0.6) is 23.0 Å². The van der Waals surface area contributed by atoms with E-state index >= 15 is 0 Å². The van der Waals surface area contributed by atoms with Crippen molar-refractivity contribution in [1.82, 2.24) is 0 Å². The van der Waals surface area contributed by atoms with Gasteiger partial charge in [0.2, 0.25) is 0 Å². The van der Waals surface area contributed by atoms with Crippen LogP contribution in [-0.4, -0.2) is 6.71 Å². The molecule has 0 saturated heterocycles.